The molecule has 5 heteroatoms. The van der Waals surface area contributed by atoms with Gasteiger partial charge in [0.2, 0.25) is 0 Å². The Kier molecular flexibility index (Phi) is 2.98. The predicted molar refractivity (Wildman–Crippen MR) is 67.7 cm³/mol. The fourth-order valence-electron chi connectivity index (χ4n) is 2.33. The highest BCUT2D eigenvalue weighted by Gasteiger charge is 2.22. The Hall–Kier alpha value is -1.68. The second-order valence-corrected chi connectivity index (χ2v) is 4.08. The monoisotopic (exact) mass is 252 g/mol. The molecule has 0 saturated carbocycles. The van der Waals surface area contributed by atoms with Crippen molar-refractivity contribution in [3.8, 4) is 0 Å². The maximum absolute atomic E-state index is 10.9. The fourth-order valence-corrected chi connectivity index (χ4v) is 2.33. The lowest BCUT2D eigenvalue weighted by atomic mass is 10.1. The standard InChI is InChI=1S/C12H12N2O2.ClH/c15-12(16)14-6-5-11-9(7-14)8-3-1-2-4-10(8)13-11;/h1-4,13H,5-7H2,(H,15,16);1H. The number of hydrogen-bond acceptors (Lipinski definition) is 1. The van der Waals surface area contributed by atoms with Crippen molar-refractivity contribution in [2.24, 2.45) is 0 Å². The van der Waals surface area contributed by atoms with Gasteiger partial charge < -0.3 is 15.0 Å². The minimum Gasteiger partial charge on any atom is -0.465 e. The highest BCUT2D eigenvalue weighted by atomic mass is 35.5. The molecule has 0 bridgehead atoms. The normalized spacial score (nSPS) is 14.2. The summed E-state index contributed by atoms with van der Waals surface area (Å²) in [4.78, 5) is 15.8. The molecule has 1 aliphatic heterocycles. The lowest BCUT2D eigenvalue weighted by molar-refractivity contribution is 0.140. The Bertz CT molecular complexity index is 565. The van der Waals surface area contributed by atoms with Crippen LogP contribution in [0.15, 0.2) is 24.3 Å². The first-order valence-corrected chi connectivity index (χ1v) is 5.32. The highest BCUT2D eigenvalue weighted by Crippen LogP contribution is 2.27. The SMILES string of the molecule is Cl.O=C(O)N1CCc2[nH]c3ccccc3c2C1. The Labute approximate surface area is 105 Å². The van der Waals surface area contributed by atoms with Crippen LogP contribution < -0.4 is 0 Å². The van der Waals surface area contributed by atoms with E-state index in [4.69, 9.17) is 5.11 Å². The Morgan fingerprint density at radius 1 is 1.35 bits per heavy atom. The highest BCUT2D eigenvalue weighted by molar-refractivity contribution is 5.85. The van der Waals surface area contributed by atoms with E-state index in [1.807, 2.05) is 24.3 Å². The van der Waals surface area contributed by atoms with E-state index in [1.54, 1.807) is 0 Å². The summed E-state index contributed by atoms with van der Waals surface area (Å²) >= 11 is 0. The summed E-state index contributed by atoms with van der Waals surface area (Å²) < 4.78 is 0. The number of benzene rings is 1. The predicted octanol–water partition coefficient (Wildman–Crippen LogP) is 2.63. The number of carboxylic acid groups (broad SMARTS) is 1. The van der Waals surface area contributed by atoms with Gasteiger partial charge in [0.25, 0.3) is 0 Å². The van der Waals surface area contributed by atoms with Crippen molar-refractivity contribution in [1.29, 1.82) is 0 Å². The zero-order valence-corrected chi connectivity index (χ0v) is 9.96. The smallest absolute Gasteiger partial charge is 0.407 e. The topological polar surface area (TPSA) is 56.3 Å². The minimum absolute atomic E-state index is 0. The van der Waals surface area contributed by atoms with Crippen molar-refractivity contribution in [2.45, 2.75) is 13.0 Å². The number of H-pyrrole nitrogens is 1. The minimum atomic E-state index is -0.837. The van der Waals surface area contributed by atoms with Gasteiger partial charge in [-0.15, -0.1) is 12.4 Å². The molecule has 0 unspecified atom stereocenters. The maximum atomic E-state index is 10.9. The van der Waals surface area contributed by atoms with Crippen LogP contribution in [0.5, 0.6) is 0 Å². The van der Waals surface area contributed by atoms with Crippen molar-refractivity contribution < 1.29 is 9.90 Å². The van der Waals surface area contributed by atoms with Crippen molar-refractivity contribution in [3.05, 3.63) is 35.5 Å². The van der Waals surface area contributed by atoms with Gasteiger partial charge >= 0.3 is 6.09 Å². The van der Waals surface area contributed by atoms with Crippen LogP contribution in [0.25, 0.3) is 10.9 Å². The van der Waals surface area contributed by atoms with Gasteiger partial charge in [-0.2, -0.15) is 0 Å². The summed E-state index contributed by atoms with van der Waals surface area (Å²) in [7, 11) is 0. The van der Waals surface area contributed by atoms with E-state index >= 15 is 0 Å². The molecule has 4 nitrogen and oxygen atoms in total. The molecular weight excluding hydrogens is 240 g/mol. The van der Waals surface area contributed by atoms with Crippen LogP contribution in [0.1, 0.15) is 11.3 Å². The van der Waals surface area contributed by atoms with Gasteiger partial charge in [0.1, 0.15) is 0 Å². The summed E-state index contributed by atoms with van der Waals surface area (Å²) in [5.41, 5.74) is 3.41. The summed E-state index contributed by atoms with van der Waals surface area (Å²) in [6.45, 7) is 1.07. The molecule has 90 valence electrons. The number of halogens is 1. The second-order valence-electron chi connectivity index (χ2n) is 4.08. The number of para-hydroxylation sites is 1. The lowest BCUT2D eigenvalue weighted by Gasteiger charge is -2.24. The van der Waals surface area contributed by atoms with E-state index in [-0.39, 0.29) is 12.4 Å². The van der Waals surface area contributed by atoms with Crippen molar-refractivity contribution in [3.63, 3.8) is 0 Å². The van der Waals surface area contributed by atoms with Crippen LogP contribution in [-0.2, 0) is 13.0 Å². The van der Waals surface area contributed by atoms with Crippen LogP contribution in [0, 0.1) is 0 Å². The Morgan fingerprint density at radius 2 is 2.12 bits per heavy atom. The van der Waals surface area contributed by atoms with Crippen LogP contribution in [0.2, 0.25) is 0 Å². The Balaban J connectivity index is 0.00000108. The van der Waals surface area contributed by atoms with Gasteiger partial charge in [0, 0.05) is 35.1 Å². The van der Waals surface area contributed by atoms with Crippen molar-refractivity contribution in [1.82, 2.24) is 9.88 Å². The van der Waals surface area contributed by atoms with Gasteiger partial charge in [-0.3, -0.25) is 0 Å². The number of nitrogens with one attached hydrogen (secondary N) is 1. The molecule has 1 aliphatic rings. The van der Waals surface area contributed by atoms with Crippen LogP contribution in [0.3, 0.4) is 0 Å². The number of amides is 1. The number of hydrogen-bond donors (Lipinski definition) is 2. The molecule has 2 heterocycles. The third-order valence-corrected chi connectivity index (χ3v) is 3.15. The van der Waals surface area contributed by atoms with E-state index in [9.17, 15) is 4.79 Å². The quantitative estimate of drug-likeness (QED) is 0.757. The molecule has 0 spiro atoms. The van der Waals surface area contributed by atoms with Gasteiger partial charge in [-0.05, 0) is 6.07 Å². The number of nitrogens with zero attached hydrogens (tertiary/aromatic N) is 1. The average molecular weight is 253 g/mol. The van der Waals surface area contributed by atoms with E-state index < -0.39 is 6.09 Å². The summed E-state index contributed by atoms with van der Waals surface area (Å²) in [6.07, 6.45) is -0.0630. The number of fused-ring (bicyclic) bond motifs is 3. The zero-order valence-electron chi connectivity index (χ0n) is 9.14. The molecule has 17 heavy (non-hydrogen) atoms. The fraction of sp³-hybridized carbons (Fsp3) is 0.250. The zero-order chi connectivity index (χ0) is 11.1. The molecule has 0 saturated heterocycles. The number of rotatable bonds is 0. The average Bonchev–Trinajstić information content (AvgIpc) is 2.66. The third kappa shape index (κ3) is 1.85. The first-order valence-electron chi connectivity index (χ1n) is 5.32. The number of carbonyl (C=O) groups is 1. The van der Waals surface area contributed by atoms with Gasteiger partial charge in [0.05, 0.1) is 6.54 Å². The van der Waals surface area contributed by atoms with E-state index in [0.29, 0.717) is 13.1 Å². The molecule has 0 fully saturated rings. The summed E-state index contributed by atoms with van der Waals surface area (Å²) in [5, 5.41) is 10.1. The molecule has 1 amide bonds. The second kappa shape index (κ2) is 4.30. The van der Waals surface area contributed by atoms with Crippen molar-refractivity contribution >= 4 is 29.4 Å². The lowest BCUT2D eigenvalue weighted by Crippen LogP contribution is -2.34. The molecule has 0 atom stereocenters. The van der Waals surface area contributed by atoms with E-state index in [2.05, 4.69) is 4.98 Å². The van der Waals surface area contributed by atoms with E-state index in [1.165, 1.54) is 10.6 Å². The number of aromatic amines is 1. The first kappa shape index (κ1) is 11.8. The van der Waals surface area contributed by atoms with Crippen molar-refractivity contribution in [2.75, 3.05) is 6.54 Å². The largest absolute Gasteiger partial charge is 0.465 e. The molecule has 1 aromatic carbocycles. The van der Waals surface area contributed by atoms with Crippen LogP contribution in [0.4, 0.5) is 4.79 Å². The van der Waals surface area contributed by atoms with Gasteiger partial charge in [-0.1, -0.05) is 18.2 Å². The van der Waals surface area contributed by atoms with Gasteiger partial charge in [0.15, 0.2) is 0 Å². The maximum Gasteiger partial charge on any atom is 0.407 e. The van der Waals surface area contributed by atoms with Gasteiger partial charge in [-0.25, -0.2) is 4.79 Å². The van der Waals surface area contributed by atoms with Crippen LogP contribution in [-0.4, -0.2) is 27.6 Å². The molecule has 0 radical (unpaired) electrons. The first-order chi connectivity index (χ1) is 7.75. The van der Waals surface area contributed by atoms with Crippen LogP contribution >= 0.6 is 12.4 Å². The molecule has 3 rings (SSSR count). The Morgan fingerprint density at radius 3 is 2.88 bits per heavy atom. The molecule has 2 N–H and O–H groups in total. The molecule has 1 aromatic heterocycles. The summed E-state index contributed by atoms with van der Waals surface area (Å²) in [5.74, 6) is 0. The third-order valence-electron chi connectivity index (χ3n) is 3.15. The molecule has 0 aliphatic carbocycles. The number of aromatic nitrogens is 1. The molecule has 2 aromatic rings. The van der Waals surface area contributed by atoms with E-state index in [0.717, 1.165) is 22.9 Å². The molecular formula is C12H13ClN2O2. The summed E-state index contributed by atoms with van der Waals surface area (Å²) in [6, 6.07) is 8.03.